The van der Waals surface area contributed by atoms with E-state index in [0.717, 1.165) is 11.9 Å². The number of nitrogens with zero attached hydrogens (tertiary/aromatic N) is 3. The Morgan fingerprint density at radius 3 is 1.31 bits per heavy atom. The topological polar surface area (TPSA) is 106 Å². The van der Waals surface area contributed by atoms with Crippen molar-refractivity contribution in [2.75, 3.05) is 0 Å². The Morgan fingerprint density at radius 2 is 1.00 bits per heavy atom. The smallest absolute Gasteiger partial charge is 0.345 e. The van der Waals surface area contributed by atoms with Crippen LogP contribution >= 0.6 is 22.9 Å². The molecule has 3 rings (SSSR count). The summed E-state index contributed by atoms with van der Waals surface area (Å²) >= 11 is 1.62. The summed E-state index contributed by atoms with van der Waals surface area (Å²) < 4.78 is 2.96. The molecule has 0 saturated carbocycles. The van der Waals surface area contributed by atoms with Crippen LogP contribution in [0.3, 0.4) is 0 Å². The normalized spacial score (nSPS) is 12.2. The summed E-state index contributed by atoms with van der Waals surface area (Å²) in [6, 6.07) is 7.06. The maximum atomic E-state index is 13.4. The Balaban J connectivity index is 2.17. The third-order valence-corrected chi connectivity index (χ3v) is 7.10. The Hall–Kier alpha value is -2.82. The minimum absolute atomic E-state index is 0.0486. The van der Waals surface area contributed by atoms with Gasteiger partial charge in [-0.3, -0.25) is 0 Å². The molecule has 0 fully saturated rings. The van der Waals surface area contributed by atoms with Crippen molar-refractivity contribution in [3.8, 4) is 11.5 Å². The van der Waals surface area contributed by atoms with Crippen LogP contribution in [0.5, 0.6) is 11.5 Å². The highest BCUT2D eigenvalue weighted by atomic mass is 127. The molecule has 0 unspecified atom stereocenters. The molecule has 0 radical (unpaired) electrons. The number of benzene rings is 2. The summed E-state index contributed by atoms with van der Waals surface area (Å²) in [5.41, 5.74) is 1.20. The van der Waals surface area contributed by atoms with Crippen LogP contribution in [0.15, 0.2) is 38.6 Å². The van der Waals surface area contributed by atoms with E-state index in [1.165, 1.54) is 0 Å². The lowest BCUT2D eigenvalue weighted by Gasteiger charge is -2.23. The Bertz CT molecular complexity index is 1410. The van der Waals surface area contributed by atoms with Crippen molar-refractivity contribution >= 4 is 22.9 Å². The fourth-order valence-electron chi connectivity index (χ4n) is 4.27. The van der Waals surface area contributed by atoms with Crippen molar-refractivity contribution < 1.29 is 10.2 Å². The molecule has 9 heteroatoms. The third kappa shape index (κ3) is 5.30. The first-order chi connectivity index (χ1) is 16.4. The number of halogens is 1. The van der Waals surface area contributed by atoms with E-state index in [9.17, 15) is 24.6 Å². The second kappa shape index (κ2) is 9.57. The van der Waals surface area contributed by atoms with Crippen LogP contribution in [0, 0.1) is 13.8 Å². The second-order valence-electron chi connectivity index (χ2n) is 11.4. The van der Waals surface area contributed by atoms with E-state index in [2.05, 4.69) is 0 Å². The molecule has 0 aliphatic rings. The van der Waals surface area contributed by atoms with Crippen LogP contribution in [-0.4, -0.2) is 22.1 Å². The predicted octanol–water partition coefficient (Wildman–Crippen LogP) is 4.09. The maximum Gasteiger partial charge on any atom is 0.345 e. The molecule has 3 aromatic rings. The molecular weight excluding hydrogens is 573 g/mol. The molecule has 0 spiro atoms. The van der Waals surface area contributed by atoms with Crippen molar-refractivity contribution in [1.82, 2.24) is 11.9 Å². The van der Waals surface area contributed by atoms with Crippen molar-refractivity contribution in [3.05, 3.63) is 89.1 Å². The predicted molar refractivity (Wildman–Crippen MR) is 150 cm³/mol. The van der Waals surface area contributed by atoms with E-state index in [-0.39, 0.29) is 35.4 Å². The van der Waals surface area contributed by atoms with Gasteiger partial charge in [0.05, 0.1) is 36.0 Å². The van der Waals surface area contributed by atoms with Gasteiger partial charge in [0.2, 0.25) is 0 Å². The molecule has 2 aromatic carbocycles. The van der Waals surface area contributed by atoms with Crippen molar-refractivity contribution in [1.29, 1.82) is 0 Å². The van der Waals surface area contributed by atoms with Crippen LogP contribution < -0.4 is 17.1 Å². The molecular formula is C27H34IN3O5. The molecule has 0 bridgehead atoms. The molecule has 0 aliphatic heterocycles. The zero-order valence-corrected chi connectivity index (χ0v) is 24.2. The SMILES string of the molecule is Cc1cc(Cn2c(=O)n(I)c(=O)n(Cc3cc(C)c(O)c(C(C)(C)C)c3)c2=O)cc(C(C)(C)C)c1O. The molecule has 0 aliphatic carbocycles. The average molecular weight is 607 g/mol. The Morgan fingerprint density at radius 1 is 0.667 bits per heavy atom. The summed E-state index contributed by atoms with van der Waals surface area (Å²) in [5, 5.41) is 21.1. The molecule has 0 atom stereocenters. The van der Waals surface area contributed by atoms with Crippen molar-refractivity contribution in [2.24, 2.45) is 0 Å². The Labute approximate surface area is 224 Å². The highest BCUT2D eigenvalue weighted by Crippen LogP contribution is 2.35. The van der Waals surface area contributed by atoms with Gasteiger partial charge >= 0.3 is 17.1 Å². The monoisotopic (exact) mass is 607 g/mol. The van der Waals surface area contributed by atoms with E-state index in [1.54, 1.807) is 61.0 Å². The zero-order valence-electron chi connectivity index (χ0n) is 22.1. The fraction of sp³-hybridized carbons (Fsp3) is 0.444. The van der Waals surface area contributed by atoms with Crippen molar-refractivity contribution in [2.45, 2.75) is 79.3 Å². The van der Waals surface area contributed by atoms with Crippen LogP contribution in [-0.2, 0) is 23.9 Å². The molecule has 1 heterocycles. The van der Waals surface area contributed by atoms with E-state index in [4.69, 9.17) is 0 Å². The zero-order chi connectivity index (χ0) is 27.3. The first-order valence-electron chi connectivity index (χ1n) is 11.7. The maximum absolute atomic E-state index is 13.4. The van der Waals surface area contributed by atoms with Crippen molar-refractivity contribution in [3.63, 3.8) is 0 Å². The summed E-state index contributed by atoms with van der Waals surface area (Å²) in [5.74, 6) is 0.374. The number of aromatic nitrogens is 3. The number of phenols is 2. The first kappa shape index (κ1) is 27.8. The van der Waals surface area contributed by atoms with Crippen LogP contribution in [0.4, 0.5) is 0 Å². The minimum Gasteiger partial charge on any atom is -0.507 e. The summed E-state index contributed by atoms with van der Waals surface area (Å²) in [6.45, 7) is 15.3. The van der Waals surface area contributed by atoms with E-state index < -0.39 is 17.1 Å². The molecule has 0 saturated heterocycles. The highest BCUT2D eigenvalue weighted by Gasteiger charge is 2.23. The lowest BCUT2D eigenvalue weighted by atomic mass is 9.84. The van der Waals surface area contributed by atoms with E-state index >= 15 is 0 Å². The number of aryl methyl sites for hydroxylation is 2. The molecule has 1 aromatic heterocycles. The lowest BCUT2D eigenvalue weighted by Crippen LogP contribution is -2.52. The highest BCUT2D eigenvalue weighted by molar-refractivity contribution is 14.1. The van der Waals surface area contributed by atoms with Gasteiger partial charge in [-0.05, 0) is 70.2 Å². The molecule has 8 nitrogen and oxygen atoms in total. The van der Waals surface area contributed by atoms with Crippen LogP contribution in [0.2, 0.25) is 0 Å². The number of hydrogen-bond acceptors (Lipinski definition) is 5. The molecule has 194 valence electrons. The van der Waals surface area contributed by atoms with Gasteiger partial charge in [-0.15, -0.1) is 0 Å². The molecule has 36 heavy (non-hydrogen) atoms. The standard InChI is InChI=1S/C27H34IN3O5/c1-15-9-17(11-19(21(15)32)26(3,4)5)13-29-23(34)30(25(36)31(28)24(29)35)14-18-10-16(2)22(33)20(12-18)27(6,7)8/h9-12,32-33H,13-14H2,1-8H3. The van der Waals surface area contributed by atoms with Crippen LogP contribution in [0.25, 0.3) is 0 Å². The number of hydrogen-bond donors (Lipinski definition) is 2. The quantitative estimate of drug-likeness (QED) is 0.435. The number of rotatable bonds is 4. The average Bonchev–Trinajstić information content (AvgIpc) is 2.75. The Kier molecular flexibility index (Phi) is 7.38. The lowest BCUT2D eigenvalue weighted by molar-refractivity contribution is 0.441. The molecule has 0 amide bonds. The van der Waals surface area contributed by atoms with E-state index in [0.29, 0.717) is 33.4 Å². The van der Waals surface area contributed by atoms with Gasteiger partial charge < -0.3 is 10.2 Å². The minimum atomic E-state index is -0.720. The largest absolute Gasteiger partial charge is 0.507 e. The van der Waals surface area contributed by atoms with Gasteiger partial charge in [0.25, 0.3) is 0 Å². The van der Waals surface area contributed by atoms with Gasteiger partial charge in [0.15, 0.2) is 0 Å². The fourth-order valence-corrected chi connectivity index (χ4v) is 4.79. The summed E-state index contributed by atoms with van der Waals surface area (Å²) in [4.78, 5) is 39.4. The summed E-state index contributed by atoms with van der Waals surface area (Å²) in [7, 11) is 0. The first-order valence-corrected chi connectivity index (χ1v) is 12.7. The number of aromatic hydroxyl groups is 2. The van der Waals surface area contributed by atoms with E-state index in [1.807, 2.05) is 41.5 Å². The second-order valence-corrected chi connectivity index (χ2v) is 12.4. The van der Waals surface area contributed by atoms with Crippen LogP contribution in [0.1, 0.15) is 74.9 Å². The van der Waals surface area contributed by atoms with Gasteiger partial charge in [0, 0.05) is 0 Å². The molecule has 2 N–H and O–H groups in total. The number of phenolic OH excluding ortho intramolecular Hbond substituents is 2. The van der Waals surface area contributed by atoms with Gasteiger partial charge in [-0.1, -0.05) is 53.7 Å². The third-order valence-electron chi connectivity index (χ3n) is 6.28. The van der Waals surface area contributed by atoms with Gasteiger partial charge in [-0.2, -0.15) is 2.78 Å². The van der Waals surface area contributed by atoms with Gasteiger partial charge in [-0.25, -0.2) is 23.5 Å². The van der Waals surface area contributed by atoms with Gasteiger partial charge in [0.1, 0.15) is 11.5 Å². The summed E-state index contributed by atoms with van der Waals surface area (Å²) in [6.07, 6.45) is 0.